The zero-order chi connectivity index (χ0) is 18.6. The Morgan fingerprint density at radius 3 is 2.67 bits per heavy atom. The van der Waals surface area contributed by atoms with Crippen molar-refractivity contribution in [1.29, 1.82) is 0 Å². The minimum Gasteiger partial charge on any atom is -0.375 e. The molecule has 0 N–H and O–H groups in total. The van der Waals surface area contributed by atoms with Crippen LogP contribution in [0.15, 0.2) is 11.1 Å². The van der Waals surface area contributed by atoms with Crippen LogP contribution < -0.4 is 0 Å². The van der Waals surface area contributed by atoms with Gasteiger partial charge in [-0.25, -0.2) is 0 Å². The van der Waals surface area contributed by atoms with Gasteiger partial charge in [0.15, 0.2) is 11.4 Å². The Balaban J connectivity index is 1.39. The predicted octanol–water partition coefficient (Wildman–Crippen LogP) is 2.56. The number of ether oxygens (including phenoxy) is 4. The van der Waals surface area contributed by atoms with Gasteiger partial charge in [-0.3, -0.25) is 4.79 Å². The molecule has 9 unspecified atom stereocenters. The summed E-state index contributed by atoms with van der Waals surface area (Å²) >= 11 is 0. The van der Waals surface area contributed by atoms with E-state index in [1.165, 1.54) is 5.57 Å². The maximum Gasteiger partial charge on any atom is 0.159 e. The first-order chi connectivity index (χ1) is 12.9. The van der Waals surface area contributed by atoms with E-state index in [4.69, 9.17) is 18.9 Å². The molecule has 7 rings (SSSR count). The Labute approximate surface area is 159 Å². The minimum absolute atomic E-state index is 0.0000104. The minimum atomic E-state index is -0.365. The average Bonchev–Trinajstić information content (AvgIpc) is 3.52. The number of fused-ring (bicyclic) bond motifs is 4. The van der Waals surface area contributed by atoms with E-state index >= 15 is 0 Å². The highest BCUT2D eigenvalue weighted by atomic mass is 16.8. The highest BCUT2D eigenvalue weighted by molar-refractivity contribution is 5.99. The summed E-state index contributed by atoms with van der Waals surface area (Å²) in [7, 11) is 1.81. The van der Waals surface area contributed by atoms with Gasteiger partial charge in [0.05, 0.1) is 6.10 Å². The molecule has 27 heavy (non-hydrogen) atoms. The van der Waals surface area contributed by atoms with E-state index in [1.807, 2.05) is 7.11 Å². The standard InChI is InChI=1S/C22H28O5/c1-10(2)20-16(26-20)17-22(27-17)19(3)8-7-12-11(5-6-14(12)23)13(19)9-15-21(22,25-15)18(20)24-4/h10,13,15-18H,5-9H2,1-4H3. The SMILES string of the molecule is COC1C2(C(C)C)OC2C2OC23C2(C)CCC4=C(CCC4=O)C2CC2OC213. The molecule has 0 bridgehead atoms. The first-order valence-electron chi connectivity index (χ1n) is 10.7. The topological polar surface area (TPSA) is 63.9 Å². The summed E-state index contributed by atoms with van der Waals surface area (Å²) in [6.07, 6.45) is 4.88. The van der Waals surface area contributed by atoms with Gasteiger partial charge in [0.25, 0.3) is 0 Å². The van der Waals surface area contributed by atoms with Crippen LogP contribution in [-0.2, 0) is 23.7 Å². The monoisotopic (exact) mass is 372 g/mol. The Morgan fingerprint density at radius 2 is 1.93 bits per heavy atom. The van der Waals surface area contributed by atoms with Gasteiger partial charge in [-0.15, -0.1) is 0 Å². The Hall–Kier alpha value is -0.750. The van der Waals surface area contributed by atoms with Crippen LogP contribution in [0, 0.1) is 17.3 Å². The third-order valence-corrected chi connectivity index (χ3v) is 9.65. The summed E-state index contributed by atoms with van der Waals surface area (Å²) in [5.74, 6) is 1.16. The highest BCUT2D eigenvalue weighted by Gasteiger charge is 3.00. The van der Waals surface area contributed by atoms with E-state index in [2.05, 4.69) is 20.8 Å². The van der Waals surface area contributed by atoms with Crippen molar-refractivity contribution in [3.63, 3.8) is 0 Å². The molecule has 0 amide bonds. The number of carbonyl (C=O) groups excluding carboxylic acids is 1. The fraction of sp³-hybridized carbons (Fsp3) is 0.864. The van der Waals surface area contributed by atoms with Crippen molar-refractivity contribution in [3.05, 3.63) is 11.1 Å². The molecule has 9 atom stereocenters. The molecule has 0 radical (unpaired) electrons. The number of epoxide rings is 3. The summed E-state index contributed by atoms with van der Waals surface area (Å²) in [5.41, 5.74) is 1.62. The predicted molar refractivity (Wildman–Crippen MR) is 95.2 cm³/mol. The maximum absolute atomic E-state index is 12.4. The smallest absolute Gasteiger partial charge is 0.159 e. The summed E-state index contributed by atoms with van der Waals surface area (Å²) in [4.78, 5) is 12.4. The van der Waals surface area contributed by atoms with Crippen molar-refractivity contribution in [2.24, 2.45) is 17.3 Å². The van der Waals surface area contributed by atoms with Gasteiger partial charge in [-0.1, -0.05) is 26.3 Å². The van der Waals surface area contributed by atoms with E-state index < -0.39 is 0 Å². The molecule has 5 nitrogen and oxygen atoms in total. The summed E-state index contributed by atoms with van der Waals surface area (Å²) in [5, 5.41) is 0. The van der Waals surface area contributed by atoms with Gasteiger partial charge in [-0.2, -0.15) is 0 Å². The van der Waals surface area contributed by atoms with E-state index in [9.17, 15) is 4.79 Å². The van der Waals surface area contributed by atoms with Crippen molar-refractivity contribution < 1.29 is 23.7 Å². The van der Waals surface area contributed by atoms with E-state index in [-0.39, 0.29) is 46.6 Å². The normalized spacial score (nSPS) is 61.5. The number of carbonyl (C=O) groups is 1. The molecule has 146 valence electrons. The number of ketones is 1. The number of rotatable bonds is 2. The molecular formula is C22H28O5. The third-order valence-electron chi connectivity index (χ3n) is 9.65. The quantitative estimate of drug-likeness (QED) is 0.697. The number of Topliss-reactive ketones (excluding diaryl/α,β-unsaturated/α-hetero) is 1. The first kappa shape index (κ1) is 16.1. The van der Waals surface area contributed by atoms with Gasteiger partial charge >= 0.3 is 0 Å². The molecule has 2 spiro atoms. The molecule has 0 aromatic heterocycles. The molecule has 4 aliphatic carbocycles. The zero-order valence-electron chi connectivity index (χ0n) is 16.5. The van der Waals surface area contributed by atoms with E-state index in [0.717, 1.165) is 31.3 Å². The Kier molecular flexibility index (Phi) is 2.52. The van der Waals surface area contributed by atoms with Crippen molar-refractivity contribution in [3.8, 4) is 0 Å². The molecule has 5 heteroatoms. The molecule has 2 saturated carbocycles. The van der Waals surface area contributed by atoms with Gasteiger partial charge in [0.1, 0.15) is 29.5 Å². The molecule has 3 aliphatic heterocycles. The van der Waals surface area contributed by atoms with Crippen molar-refractivity contribution in [2.45, 2.75) is 94.1 Å². The van der Waals surface area contributed by atoms with E-state index in [0.29, 0.717) is 24.0 Å². The summed E-state index contributed by atoms with van der Waals surface area (Å²) in [6, 6.07) is 0. The van der Waals surface area contributed by atoms with Gasteiger partial charge < -0.3 is 18.9 Å². The fourth-order valence-electron chi connectivity index (χ4n) is 8.41. The van der Waals surface area contributed by atoms with Crippen molar-refractivity contribution in [2.75, 3.05) is 7.11 Å². The number of hydrogen-bond acceptors (Lipinski definition) is 5. The van der Waals surface area contributed by atoms with Gasteiger partial charge in [0, 0.05) is 18.9 Å². The number of allylic oxidation sites excluding steroid dienone is 2. The van der Waals surface area contributed by atoms with Crippen LogP contribution in [0.5, 0.6) is 0 Å². The van der Waals surface area contributed by atoms with Crippen LogP contribution in [0.4, 0.5) is 0 Å². The van der Waals surface area contributed by atoms with Gasteiger partial charge in [-0.05, 0) is 43.1 Å². The molecule has 7 aliphatic rings. The lowest BCUT2D eigenvalue weighted by atomic mass is 9.46. The number of hydrogen-bond donors (Lipinski definition) is 0. The molecule has 0 aromatic carbocycles. The summed E-state index contributed by atoms with van der Waals surface area (Å²) < 4.78 is 25.8. The second-order valence-electron chi connectivity index (χ2n) is 10.5. The lowest BCUT2D eigenvalue weighted by Gasteiger charge is -2.54. The second-order valence-corrected chi connectivity index (χ2v) is 10.5. The maximum atomic E-state index is 12.4. The van der Waals surface area contributed by atoms with Crippen LogP contribution in [0.2, 0.25) is 0 Å². The Bertz CT molecular complexity index is 833. The zero-order valence-corrected chi connectivity index (χ0v) is 16.5. The van der Waals surface area contributed by atoms with E-state index in [1.54, 1.807) is 0 Å². The van der Waals surface area contributed by atoms with Crippen LogP contribution >= 0.6 is 0 Å². The Morgan fingerprint density at radius 1 is 1.11 bits per heavy atom. The largest absolute Gasteiger partial charge is 0.375 e. The second kappa shape index (κ2) is 4.23. The van der Waals surface area contributed by atoms with Crippen LogP contribution in [-0.4, -0.2) is 54.1 Å². The molecule has 0 aromatic rings. The van der Waals surface area contributed by atoms with Crippen molar-refractivity contribution in [1.82, 2.24) is 0 Å². The first-order valence-corrected chi connectivity index (χ1v) is 10.7. The fourth-order valence-corrected chi connectivity index (χ4v) is 8.41. The third kappa shape index (κ3) is 1.33. The van der Waals surface area contributed by atoms with Crippen LogP contribution in [0.1, 0.15) is 52.9 Å². The lowest BCUT2D eigenvalue weighted by molar-refractivity contribution is -0.117. The van der Waals surface area contributed by atoms with Gasteiger partial charge in [0.2, 0.25) is 0 Å². The van der Waals surface area contributed by atoms with Crippen LogP contribution in [0.3, 0.4) is 0 Å². The summed E-state index contributed by atoms with van der Waals surface area (Å²) in [6.45, 7) is 6.86. The molecule has 5 fully saturated rings. The highest BCUT2D eigenvalue weighted by Crippen LogP contribution is 2.83. The lowest BCUT2D eigenvalue weighted by Crippen LogP contribution is -2.69. The molecule has 3 heterocycles. The number of methoxy groups -OCH3 is 1. The molecular weight excluding hydrogens is 344 g/mol. The van der Waals surface area contributed by atoms with Crippen LogP contribution in [0.25, 0.3) is 0 Å². The molecule has 3 saturated heterocycles. The average molecular weight is 372 g/mol. The van der Waals surface area contributed by atoms with Crippen molar-refractivity contribution >= 4 is 5.78 Å².